The van der Waals surface area contributed by atoms with Crippen LogP contribution in [-0.4, -0.2) is 80.2 Å². The van der Waals surface area contributed by atoms with Crippen LogP contribution in [0.2, 0.25) is 0 Å². The molecule has 6 aliphatic rings. The minimum absolute atomic E-state index is 0.102. The highest BCUT2D eigenvalue weighted by Gasteiger charge is 2.72. The van der Waals surface area contributed by atoms with E-state index >= 15 is 0 Å². The molecule has 0 bridgehead atoms. The summed E-state index contributed by atoms with van der Waals surface area (Å²) in [6.07, 6.45) is 2.97. The Morgan fingerprint density at radius 2 is 1.89 bits per heavy atom. The van der Waals surface area contributed by atoms with Gasteiger partial charge >= 0.3 is 11.9 Å². The van der Waals surface area contributed by atoms with Gasteiger partial charge in [-0.1, -0.05) is 25.5 Å². The number of carbonyl (C=O) groups is 2. The van der Waals surface area contributed by atoms with Crippen molar-refractivity contribution in [3.63, 3.8) is 0 Å². The van der Waals surface area contributed by atoms with E-state index in [0.29, 0.717) is 31.3 Å². The number of aliphatic hydroxyl groups excluding tert-OH is 3. The predicted molar refractivity (Wildman–Crippen MR) is 133 cm³/mol. The number of esters is 2. The zero-order valence-electron chi connectivity index (χ0n) is 22.6. The zero-order valence-corrected chi connectivity index (χ0v) is 22.6. The third kappa shape index (κ3) is 3.35. The molecule has 0 radical (unpaired) electrons. The van der Waals surface area contributed by atoms with Gasteiger partial charge in [0.1, 0.15) is 17.8 Å². The highest BCUT2D eigenvalue weighted by molar-refractivity contribution is 5.90. The van der Waals surface area contributed by atoms with Gasteiger partial charge in [0.15, 0.2) is 0 Å². The molecule has 4 N–H and O–H groups in total. The van der Waals surface area contributed by atoms with Gasteiger partial charge in [0.2, 0.25) is 0 Å². The Morgan fingerprint density at radius 1 is 1.18 bits per heavy atom. The number of cyclic esters (lactones) is 1. The smallest absolute Gasteiger partial charge is 0.334 e. The number of fused-ring (bicyclic) bond motifs is 3. The summed E-state index contributed by atoms with van der Waals surface area (Å²) in [4.78, 5) is 24.4. The van der Waals surface area contributed by atoms with Gasteiger partial charge in [0.05, 0.1) is 36.4 Å². The molecule has 210 valence electrons. The Kier molecular flexibility index (Phi) is 5.82. The van der Waals surface area contributed by atoms with Crippen LogP contribution in [0.3, 0.4) is 0 Å². The molecule has 6 rings (SSSR count). The summed E-state index contributed by atoms with van der Waals surface area (Å²) in [5, 5.41) is 45.3. The van der Waals surface area contributed by atoms with Crippen molar-refractivity contribution in [1.82, 2.24) is 0 Å². The van der Waals surface area contributed by atoms with Gasteiger partial charge < -0.3 is 34.6 Å². The lowest BCUT2D eigenvalue weighted by atomic mass is 9.56. The Labute approximate surface area is 222 Å². The molecule has 3 aliphatic carbocycles. The summed E-state index contributed by atoms with van der Waals surface area (Å²) < 4.78 is 17.6. The highest BCUT2D eigenvalue weighted by atomic mass is 16.6. The van der Waals surface area contributed by atoms with Crippen LogP contribution < -0.4 is 0 Å². The fourth-order valence-corrected chi connectivity index (χ4v) is 9.31. The lowest BCUT2D eigenvalue weighted by Crippen LogP contribution is -2.56. The molecular weight excluding hydrogens is 492 g/mol. The largest absolute Gasteiger partial charge is 0.456 e. The first-order valence-corrected chi connectivity index (χ1v) is 14.0. The zero-order chi connectivity index (χ0) is 27.4. The molecule has 1 spiro atoms. The fraction of sp³-hybridized carbons (Fsp3) is 0.793. The number of carbonyl (C=O) groups excluding carboxylic acids is 2. The lowest BCUT2D eigenvalue weighted by Gasteiger charge is -2.51. The van der Waals surface area contributed by atoms with Gasteiger partial charge in [0, 0.05) is 23.3 Å². The quantitative estimate of drug-likeness (QED) is 0.313. The monoisotopic (exact) mass is 532 g/mol. The van der Waals surface area contributed by atoms with Crippen LogP contribution in [0.1, 0.15) is 66.2 Å². The second kappa shape index (κ2) is 8.36. The minimum atomic E-state index is -1.24. The van der Waals surface area contributed by atoms with Crippen LogP contribution in [0.15, 0.2) is 23.3 Å². The van der Waals surface area contributed by atoms with Crippen LogP contribution in [0.25, 0.3) is 0 Å². The maximum atomic E-state index is 12.5. The average Bonchev–Trinajstić information content (AvgIpc) is 3.46. The standard InChI is InChI=1S/C29H40O9/c1-14-9-18(36-25(14)34)24(33)15(2)16-10-21(31)27(4)17(16)7-8-28(35)12-29-19(5-6-20(27)28)26(3,13-30)37-22(29)11-23(32)38-29/h7,9,15-16,18-22,24,30-31,33,35H,5-6,8,10-13H2,1-4H3/t15-,16+,18-,19-,20-,21-,22+,24-,26-,27-,28-,29+/m0/s1. The first kappa shape index (κ1) is 26.4. The van der Waals surface area contributed by atoms with Gasteiger partial charge in [-0.2, -0.15) is 0 Å². The number of aliphatic hydroxyl groups is 4. The van der Waals surface area contributed by atoms with Crippen molar-refractivity contribution in [3.05, 3.63) is 23.3 Å². The van der Waals surface area contributed by atoms with E-state index in [0.717, 1.165) is 5.57 Å². The van der Waals surface area contributed by atoms with Crippen LogP contribution >= 0.6 is 0 Å². The molecule has 0 amide bonds. The Bertz CT molecular complexity index is 1120. The van der Waals surface area contributed by atoms with Gasteiger partial charge in [-0.15, -0.1) is 0 Å². The molecule has 9 nitrogen and oxygen atoms in total. The minimum Gasteiger partial charge on any atom is -0.456 e. The van der Waals surface area contributed by atoms with Gasteiger partial charge in [-0.25, -0.2) is 4.79 Å². The van der Waals surface area contributed by atoms with Crippen molar-refractivity contribution in [3.8, 4) is 0 Å². The number of hydrogen-bond donors (Lipinski definition) is 4. The van der Waals surface area contributed by atoms with E-state index in [9.17, 15) is 30.0 Å². The second-order valence-electron chi connectivity index (χ2n) is 13.2. The molecule has 2 saturated carbocycles. The van der Waals surface area contributed by atoms with E-state index in [-0.39, 0.29) is 49.1 Å². The average molecular weight is 533 g/mol. The molecule has 0 aromatic rings. The summed E-state index contributed by atoms with van der Waals surface area (Å²) in [6, 6.07) is 0. The number of hydrogen-bond acceptors (Lipinski definition) is 9. The maximum Gasteiger partial charge on any atom is 0.334 e. The van der Waals surface area contributed by atoms with E-state index in [2.05, 4.69) is 0 Å². The molecule has 38 heavy (non-hydrogen) atoms. The first-order chi connectivity index (χ1) is 17.8. The third-order valence-corrected chi connectivity index (χ3v) is 11.3. The Morgan fingerprint density at radius 3 is 2.55 bits per heavy atom. The molecule has 12 atom stereocenters. The van der Waals surface area contributed by atoms with Gasteiger partial charge in [-0.05, 0) is 63.4 Å². The molecular formula is C29H40O9. The molecule has 0 aromatic heterocycles. The van der Waals surface area contributed by atoms with Crippen LogP contribution in [0, 0.1) is 29.1 Å². The van der Waals surface area contributed by atoms with Crippen molar-refractivity contribution >= 4 is 11.9 Å². The number of rotatable bonds is 4. The molecule has 3 heterocycles. The molecule has 0 aromatic carbocycles. The van der Waals surface area contributed by atoms with Crippen molar-refractivity contribution < 1.29 is 44.2 Å². The van der Waals surface area contributed by atoms with E-state index in [4.69, 9.17) is 14.2 Å². The molecule has 4 fully saturated rings. The molecule has 2 saturated heterocycles. The van der Waals surface area contributed by atoms with Crippen LogP contribution in [0.5, 0.6) is 0 Å². The van der Waals surface area contributed by atoms with E-state index in [1.54, 1.807) is 13.0 Å². The lowest BCUT2D eigenvalue weighted by molar-refractivity contribution is -0.165. The molecule has 3 aliphatic heterocycles. The summed E-state index contributed by atoms with van der Waals surface area (Å²) in [5.74, 6) is -1.80. The van der Waals surface area contributed by atoms with E-state index < -0.39 is 52.6 Å². The Hall–Kier alpha value is -1.78. The normalized spacial score (nSPS) is 51.1. The summed E-state index contributed by atoms with van der Waals surface area (Å²) in [7, 11) is 0. The predicted octanol–water partition coefficient (Wildman–Crippen LogP) is 1.56. The second-order valence-corrected chi connectivity index (χ2v) is 13.2. The summed E-state index contributed by atoms with van der Waals surface area (Å²) >= 11 is 0. The van der Waals surface area contributed by atoms with E-state index in [1.807, 2.05) is 26.8 Å². The van der Waals surface area contributed by atoms with Gasteiger partial charge in [-0.3, -0.25) is 4.79 Å². The molecule has 9 heteroatoms. The summed E-state index contributed by atoms with van der Waals surface area (Å²) in [6.45, 7) is 7.24. The fourth-order valence-electron chi connectivity index (χ4n) is 9.31. The van der Waals surface area contributed by atoms with Crippen molar-refractivity contribution in [2.24, 2.45) is 29.1 Å². The highest BCUT2D eigenvalue weighted by Crippen LogP contribution is 2.66. The van der Waals surface area contributed by atoms with E-state index in [1.165, 1.54) is 0 Å². The maximum absolute atomic E-state index is 12.5. The summed E-state index contributed by atoms with van der Waals surface area (Å²) in [5.41, 5.74) is -2.37. The SMILES string of the molecule is CC1=C[C@@H]([C@@H](O)[C@@H](C)[C@H]2C[C@H](O)[C@@]3(C)C2=CC[C@]2(O)C[C@]45OC(=O)C[C@H]4O[C@@](C)(CO)[C@@H]5CC[C@H]23)OC1=O. The topological polar surface area (TPSA) is 143 Å². The van der Waals surface area contributed by atoms with Crippen molar-refractivity contribution in [1.29, 1.82) is 0 Å². The molecule has 0 unspecified atom stereocenters. The van der Waals surface area contributed by atoms with Gasteiger partial charge in [0.25, 0.3) is 0 Å². The van der Waals surface area contributed by atoms with Crippen molar-refractivity contribution in [2.45, 2.75) is 107 Å². The van der Waals surface area contributed by atoms with Crippen LogP contribution in [-0.2, 0) is 23.8 Å². The first-order valence-electron chi connectivity index (χ1n) is 14.0. The Balaban J connectivity index is 1.34. The third-order valence-electron chi connectivity index (χ3n) is 11.3. The van der Waals surface area contributed by atoms with Crippen molar-refractivity contribution in [2.75, 3.05) is 6.61 Å². The van der Waals surface area contributed by atoms with Crippen LogP contribution in [0.4, 0.5) is 0 Å². The number of ether oxygens (including phenoxy) is 3.